The molecular formula is C24H27N5O3S. The van der Waals surface area contributed by atoms with Gasteiger partial charge < -0.3 is 9.47 Å². The summed E-state index contributed by atoms with van der Waals surface area (Å²) in [5.41, 5.74) is 2.84. The second-order valence-electron chi connectivity index (χ2n) is 8.62. The minimum absolute atomic E-state index is 0.0361. The number of anilines is 2. The molecule has 1 aromatic heterocycles. The molecule has 1 N–H and O–H groups in total. The third-order valence-corrected chi connectivity index (χ3v) is 7.74. The maximum Gasteiger partial charge on any atom is 0.261 e. The fourth-order valence-corrected chi connectivity index (χ4v) is 5.85. The van der Waals surface area contributed by atoms with Gasteiger partial charge in [-0.1, -0.05) is 18.6 Å². The highest BCUT2D eigenvalue weighted by atomic mass is 32.2. The van der Waals surface area contributed by atoms with E-state index >= 15 is 0 Å². The van der Waals surface area contributed by atoms with Crippen LogP contribution in [0.5, 0.6) is 0 Å². The van der Waals surface area contributed by atoms with Crippen LogP contribution >= 0.6 is 0 Å². The van der Waals surface area contributed by atoms with Crippen molar-refractivity contribution >= 4 is 27.3 Å². The zero-order valence-corrected chi connectivity index (χ0v) is 19.4. The molecule has 2 aliphatic rings. The summed E-state index contributed by atoms with van der Waals surface area (Å²) in [5.74, 6) is 1.60. The van der Waals surface area contributed by atoms with Gasteiger partial charge in [0.1, 0.15) is 5.82 Å². The van der Waals surface area contributed by atoms with Crippen LogP contribution in [0.2, 0.25) is 0 Å². The van der Waals surface area contributed by atoms with Gasteiger partial charge in [-0.2, -0.15) is 0 Å². The minimum Gasteiger partial charge on any atom is -0.312 e. The van der Waals surface area contributed by atoms with E-state index in [0.29, 0.717) is 23.6 Å². The average Bonchev–Trinajstić information content (AvgIpc) is 3.05. The zero-order chi connectivity index (χ0) is 23.0. The summed E-state index contributed by atoms with van der Waals surface area (Å²) >= 11 is 0. The van der Waals surface area contributed by atoms with Crippen molar-refractivity contribution < 1.29 is 13.2 Å². The molecule has 0 aliphatic carbocycles. The summed E-state index contributed by atoms with van der Waals surface area (Å²) in [7, 11) is -3.84. The van der Waals surface area contributed by atoms with Crippen molar-refractivity contribution in [3.8, 4) is 11.4 Å². The molecule has 172 valence electrons. The number of amides is 1. The molecule has 3 aromatic rings. The molecule has 8 nitrogen and oxygen atoms in total. The molecule has 0 radical (unpaired) electrons. The van der Waals surface area contributed by atoms with Crippen LogP contribution in [-0.4, -0.2) is 35.6 Å². The first-order valence-electron chi connectivity index (χ1n) is 11.4. The molecule has 0 atom stereocenters. The molecule has 3 heterocycles. The number of rotatable bonds is 4. The lowest BCUT2D eigenvalue weighted by Crippen LogP contribution is -2.33. The summed E-state index contributed by atoms with van der Waals surface area (Å²) in [4.78, 5) is 13.8. The molecule has 0 bridgehead atoms. The lowest BCUT2D eigenvalue weighted by atomic mass is 10.0. The largest absolute Gasteiger partial charge is 0.312 e. The van der Waals surface area contributed by atoms with Gasteiger partial charge >= 0.3 is 0 Å². The minimum atomic E-state index is -3.84. The van der Waals surface area contributed by atoms with Gasteiger partial charge in [0, 0.05) is 37.7 Å². The molecule has 0 spiro atoms. The van der Waals surface area contributed by atoms with Crippen molar-refractivity contribution in [3.63, 3.8) is 0 Å². The molecular weight excluding hydrogens is 438 g/mol. The van der Waals surface area contributed by atoms with Crippen LogP contribution < -0.4 is 9.62 Å². The van der Waals surface area contributed by atoms with Crippen molar-refractivity contribution in [2.75, 3.05) is 16.2 Å². The van der Waals surface area contributed by atoms with Gasteiger partial charge in [0.2, 0.25) is 5.91 Å². The van der Waals surface area contributed by atoms with E-state index in [2.05, 4.69) is 19.5 Å². The van der Waals surface area contributed by atoms with Crippen LogP contribution in [0.25, 0.3) is 11.4 Å². The molecule has 0 saturated carbocycles. The maximum absolute atomic E-state index is 13.3. The number of benzene rings is 2. The molecule has 1 amide bonds. The molecule has 2 aliphatic heterocycles. The number of aryl methyl sites for hydroxylation is 2. The van der Waals surface area contributed by atoms with Gasteiger partial charge in [-0.15, -0.1) is 10.2 Å². The number of para-hydroxylation sites is 1. The van der Waals surface area contributed by atoms with Gasteiger partial charge in [-0.25, -0.2) is 8.42 Å². The molecule has 0 unspecified atom stereocenters. The topological polar surface area (TPSA) is 97.2 Å². The highest BCUT2D eigenvalue weighted by Gasteiger charge is 2.25. The molecule has 33 heavy (non-hydrogen) atoms. The third-order valence-electron chi connectivity index (χ3n) is 6.38. The van der Waals surface area contributed by atoms with E-state index < -0.39 is 10.0 Å². The summed E-state index contributed by atoms with van der Waals surface area (Å²) < 4.78 is 31.5. The Morgan fingerprint density at radius 1 is 0.970 bits per heavy atom. The third kappa shape index (κ3) is 4.13. The molecule has 5 rings (SSSR count). The SMILES string of the molecule is CC(=O)N1CCCc2cc(S(=O)(=O)Nc3ccccc3-c3nnc4n3CCCCC4)ccc21. The van der Waals surface area contributed by atoms with Gasteiger partial charge in [0.15, 0.2) is 5.82 Å². The number of sulfonamides is 1. The first-order valence-corrected chi connectivity index (χ1v) is 12.9. The van der Waals surface area contributed by atoms with Crippen molar-refractivity contribution in [2.45, 2.75) is 56.9 Å². The number of carbonyl (C=O) groups is 1. The van der Waals surface area contributed by atoms with Crippen molar-refractivity contribution in [1.29, 1.82) is 0 Å². The summed E-state index contributed by atoms with van der Waals surface area (Å²) in [6.45, 7) is 3.02. The number of fused-ring (bicyclic) bond motifs is 2. The first-order chi connectivity index (χ1) is 15.9. The average molecular weight is 466 g/mol. The van der Waals surface area contributed by atoms with Gasteiger partial charge in [-0.3, -0.25) is 9.52 Å². The number of carbonyl (C=O) groups excluding carboxylic acids is 1. The molecule has 2 aromatic carbocycles. The fourth-order valence-electron chi connectivity index (χ4n) is 4.72. The van der Waals surface area contributed by atoms with E-state index in [1.54, 1.807) is 35.2 Å². The van der Waals surface area contributed by atoms with Crippen LogP contribution in [0.4, 0.5) is 11.4 Å². The van der Waals surface area contributed by atoms with E-state index in [1.165, 1.54) is 6.92 Å². The Labute approximate surface area is 193 Å². The van der Waals surface area contributed by atoms with Gasteiger partial charge in [-0.05, 0) is 61.6 Å². The number of hydrogen-bond donors (Lipinski definition) is 1. The second-order valence-corrected chi connectivity index (χ2v) is 10.3. The Bertz CT molecular complexity index is 1320. The van der Waals surface area contributed by atoms with E-state index in [-0.39, 0.29) is 10.8 Å². The lowest BCUT2D eigenvalue weighted by molar-refractivity contribution is -0.116. The monoisotopic (exact) mass is 465 g/mol. The Balaban J connectivity index is 1.49. The predicted molar refractivity (Wildman–Crippen MR) is 127 cm³/mol. The Kier molecular flexibility index (Phi) is 5.65. The number of nitrogens with zero attached hydrogens (tertiary/aromatic N) is 4. The van der Waals surface area contributed by atoms with Crippen molar-refractivity contribution in [2.24, 2.45) is 0 Å². The van der Waals surface area contributed by atoms with Gasteiger partial charge in [0.05, 0.1) is 10.6 Å². The van der Waals surface area contributed by atoms with E-state index in [9.17, 15) is 13.2 Å². The molecule has 0 fully saturated rings. The van der Waals surface area contributed by atoms with Crippen LogP contribution in [-0.2, 0) is 34.2 Å². The van der Waals surface area contributed by atoms with Crippen LogP contribution in [0.15, 0.2) is 47.4 Å². The maximum atomic E-state index is 13.3. The summed E-state index contributed by atoms with van der Waals surface area (Å²) in [5, 5.41) is 8.76. The van der Waals surface area contributed by atoms with E-state index in [0.717, 1.165) is 62.1 Å². The lowest BCUT2D eigenvalue weighted by Gasteiger charge is -2.28. The Hall–Kier alpha value is -3.20. The second kappa shape index (κ2) is 8.62. The van der Waals surface area contributed by atoms with Crippen molar-refractivity contribution in [3.05, 3.63) is 53.9 Å². The van der Waals surface area contributed by atoms with Crippen molar-refractivity contribution in [1.82, 2.24) is 14.8 Å². The normalized spacial score (nSPS) is 16.0. The smallest absolute Gasteiger partial charge is 0.261 e. The number of aromatic nitrogens is 3. The Morgan fingerprint density at radius 2 is 1.82 bits per heavy atom. The Morgan fingerprint density at radius 3 is 2.67 bits per heavy atom. The predicted octanol–water partition coefficient (Wildman–Crippen LogP) is 3.77. The highest BCUT2D eigenvalue weighted by Crippen LogP contribution is 2.33. The zero-order valence-electron chi connectivity index (χ0n) is 18.6. The summed E-state index contributed by atoms with van der Waals surface area (Å²) in [6.07, 6.45) is 5.73. The number of nitrogens with one attached hydrogen (secondary N) is 1. The standard InChI is InChI=1S/C24H27N5O3S/c1-17(30)28-15-7-8-18-16-19(12-13-22(18)28)33(31,32)27-21-10-5-4-9-20(21)24-26-25-23-11-3-2-6-14-29(23)24/h4-5,9-10,12-13,16,27H,2-3,6-8,11,14-15H2,1H3. The molecule has 9 heteroatoms. The van der Waals surface area contributed by atoms with E-state index in [4.69, 9.17) is 0 Å². The number of hydrogen-bond acceptors (Lipinski definition) is 5. The molecule has 0 saturated heterocycles. The van der Waals surface area contributed by atoms with E-state index in [1.807, 2.05) is 12.1 Å². The van der Waals surface area contributed by atoms with Crippen LogP contribution in [0, 0.1) is 0 Å². The first kappa shape index (κ1) is 21.6. The van der Waals surface area contributed by atoms with Crippen LogP contribution in [0.3, 0.4) is 0 Å². The van der Waals surface area contributed by atoms with Crippen LogP contribution in [0.1, 0.15) is 44.0 Å². The highest BCUT2D eigenvalue weighted by molar-refractivity contribution is 7.92. The quantitative estimate of drug-likeness (QED) is 0.633. The van der Waals surface area contributed by atoms with Gasteiger partial charge in [0.25, 0.3) is 10.0 Å². The summed E-state index contributed by atoms with van der Waals surface area (Å²) in [6, 6.07) is 12.3. The fraction of sp³-hybridized carbons (Fsp3) is 0.375.